The molecule has 11 nitrogen and oxygen atoms in total. The van der Waals surface area contributed by atoms with Crippen LogP contribution in [0.3, 0.4) is 0 Å². The Labute approximate surface area is 234 Å². The summed E-state index contributed by atoms with van der Waals surface area (Å²) in [5.41, 5.74) is 1.81. The molecular weight excluding hydrogens is 516 g/mol. The van der Waals surface area contributed by atoms with Gasteiger partial charge in [0.15, 0.2) is 0 Å². The number of nitrogens with zero attached hydrogens (tertiary/aromatic N) is 2. The number of carbonyl (C=O) groups excluding carboxylic acids is 4. The van der Waals surface area contributed by atoms with Gasteiger partial charge in [-0.1, -0.05) is 41.5 Å². The fraction of sp³-hybridized carbons (Fsp3) is 0.414. The van der Waals surface area contributed by atoms with Crippen LogP contribution in [0.2, 0.25) is 0 Å². The van der Waals surface area contributed by atoms with Crippen molar-refractivity contribution in [3.63, 3.8) is 0 Å². The number of phenolic OH excluding ortho intramolecular Hbond substituents is 1. The second-order valence-electron chi connectivity index (χ2n) is 10.3. The number of rotatable bonds is 10. The van der Waals surface area contributed by atoms with E-state index in [9.17, 15) is 29.5 Å². The van der Waals surface area contributed by atoms with E-state index in [1.54, 1.807) is 45.0 Å². The molecule has 0 fully saturated rings. The fourth-order valence-electron chi connectivity index (χ4n) is 4.06. The van der Waals surface area contributed by atoms with E-state index in [1.165, 1.54) is 19.2 Å². The van der Waals surface area contributed by atoms with Gasteiger partial charge in [-0.15, -0.1) is 0 Å². The van der Waals surface area contributed by atoms with Crippen LogP contribution in [-0.2, 0) is 30.3 Å². The van der Waals surface area contributed by atoms with Gasteiger partial charge in [-0.05, 0) is 57.9 Å². The van der Waals surface area contributed by atoms with E-state index >= 15 is 0 Å². The minimum atomic E-state index is -1.31. The van der Waals surface area contributed by atoms with Gasteiger partial charge < -0.3 is 30.1 Å². The summed E-state index contributed by atoms with van der Waals surface area (Å²) in [4.78, 5) is 53.1. The number of aromatic hydroxyl groups is 1. The predicted octanol–water partition coefficient (Wildman–Crippen LogP) is 2.83. The van der Waals surface area contributed by atoms with E-state index < -0.39 is 54.7 Å². The smallest absolute Gasteiger partial charge is 0.408 e. The Kier molecular flexibility index (Phi) is 11.1. The third-order valence-corrected chi connectivity index (χ3v) is 5.64. The first-order valence-corrected chi connectivity index (χ1v) is 12.6. The zero-order valence-electron chi connectivity index (χ0n) is 23.6. The van der Waals surface area contributed by atoms with Crippen molar-refractivity contribution in [1.82, 2.24) is 15.5 Å². The Morgan fingerprint density at radius 1 is 1.05 bits per heavy atom. The van der Waals surface area contributed by atoms with Crippen LogP contribution in [0.15, 0.2) is 42.5 Å². The van der Waals surface area contributed by atoms with Crippen LogP contribution < -0.4 is 10.6 Å². The molecule has 2 unspecified atom stereocenters. The molecule has 2 aromatic rings. The molecule has 0 spiro atoms. The van der Waals surface area contributed by atoms with Crippen molar-refractivity contribution in [1.29, 1.82) is 5.26 Å². The number of hydrogen-bond acceptors (Lipinski definition) is 8. The molecule has 2 aromatic carbocycles. The quantitative estimate of drug-likeness (QED) is 0.300. The van der Waals surface area contributed by atoms with Crippen molar-refractivity contribution < 1.29 is 33.8 Å². The summed E-state index contributed by atoms with van der Waals surface area (Å²) in [7, 11) is 1.18. The van der Waals surface area contributed by atoms with Crippen molar-refractivity contribution in [2.24, 2.45) is 0 Å². The van der Waals surface area contributed by atoms with Crippen LogP contribution in [0.4, 0.5) is 4.79 Å². The largest absolute Gasteiger partial charge is 0.508 e. The van der Waals surface area contributed by atoms with Crippen LogP contribution in [0, 0.1) is 25.2 Å². The lowest BCUT2D eigenvalue weighted by atomic mass is 9.97. The minimum Gasteiger partial charge on any atom is -0.508 e. The normalized spacial score (nSPS) is 12.3. The summed E-state index contributed by atoms with van der Waals surface area (Å²) in [5.74, 6) is -2.10. The topological polar surface area (TPSA) is 158 Å². The number of ether oxygens (including phenoxy) is 2. The Bertz CT molecular complexity index is 1240. The monoisotopic (exact) mass is 552 g/mol. The van der Waals surface area contributed by atoms with E-state index in [-0.39, 0.29) is 12.2 Å². The molecule has 0 aliphatic rings. The molecule has 0 heterocycles. The Balaban J connectivity index is 2.57. The van der Waals surface area contributed by atoms with Crippen LogP contribution in [0.5, 0.6) is 5.75 Å². The van der Waals surface area contributed by atoms with Gasteiger partial charge in [0.25, 0.3) is 0 Å². The summed E-state index contributed by atoms with van der Waals surface area (Å²) in [6.45, 7) is 7.73. The summed E-state index contributed by atoms with van der Waals surface area (Å²) in [6.07, 6.45) is -0.886. The van der Waals surface area contributed by atoms with Crippen LogP contribution in [0.25, 0.3) is 0 Å². The van der Waals surface area contributed by atoms with E-state index in [2.05, 4.69) is 15.4 Å². The highest BCUT2D eigenvalue weighted by Gasteiger charge is 2.36. The zero-order chi connectivity index (χ0) is 30.0. The average Bonchev–Trinajstić information content (AvgIpc) is 2.85. The number of carbonyl (C=O) groups is 4. The van der Waals surface area contributed by atoms with Crippen LogP contribution >= 0.6 is 0 Å². The molecule has 3 N–H and O–H groups in total. The number of phenols is 1. The minimum absolute atomic E-state index is 0.0231. The van der Waals surface area contributed by atoms with Gasteiger partial charge in [0.1, 0.15) is 36.5 Å². The van der Waals surface area contributed by atoms with Gasteiger partial charge in [-0.3, -0.25) is 14.4 Å². The number of benzene rings is 2. The second-order valence-corrected chi connectivity index (χ2v) is 10.3. The molecule has 0 bridgehead atoms. The third-order valence-electron chi connectivity index (χ3n) is 5.64. The molecule has 0 saturated carbocycles. The van der Waals surface area contributed by atoms with Gasteiger partial charge in [-0.25, -0.2) is 4.79 Å². The number of esters is 1. The molecule has 40 heavy (non-hydrogen) atoms. The van der Waals surface area contributed by atoms with Gasteiger partial charge in [0.2, 0.25) is 11.8 Å². The predicted molar refractivity (Wildman–Crippen MR) is 146 cm³/mol. The number of alkyl carbamates (subject to hydrolysis) is 1. The fourth-order valence-corrected chi connectivity index (χ4v) is 4.06. The average molecular weight is 553 g/mol. The molecule has 0 radical (unpaired) electrons. The van der Waals surface area contributed by atoms with E-state index in [0.29, 0.717) is 11.1 Å². The maximum absolute atomic E-state index is 14.1. The molecule has 11 heteroatoms. The lowest BCUT2D eigenvalue weighted by Crippen LogP contribution is -2.54. The maximum Gasteiger partial charge on any atom is 0.408 e. The lowest BCUT2D eigenvalue weighted by Gasteiger charge is -2.33. The number of aryl methyl sites for hydroxylation is 2. The summed E-state index contributed by atoms with van der Waals surface area (Å²) < 4.78 is 9.97. The highest BCUT2D eigenvalue weighted by Crippen LogP contribution is 2.25. The number of hydrogen-bond donors (Lipinski definition) is 3. The van der Waals surface area contributed by atoms with Crippen molar-refractivity contribution in [3.05, 3.63) is 64.7 Å². The molecule has 0 saturated heterocycles. The van der Waals surface area contributed by atoms with Crippen LogP contribution in [0.1, 0.15) is 49.1 Å². The first kappa shape index (κ1) is 31.6. The van der Waals surface area contributed by atoms with Gasteiger partial charge in [0.05, 0.1) is 13.2 Å². The molecule has 0 aromatic heterocycles. The second kappa shape index (κ2) is 14.0. The van der Waals surface area contributed by atoms with Crippen LogP contribution in [-0.4, -0.2) is 65.7 Å². The van der Waals surface area contributed by atoms with Crippen molar-refractivity contribution in [2.45, 2.75) is 58.7 Å². The molecule has 0 aliphatic heterocycles. The van der Waals surface area contributed by atoms with E-state index in [0.717, 1.165) is 16.0 Å². The first-order chi connectivity index (χ1) is 18.7. The molecule has 3 amide bonds. The summed E-state index contributed by atoms with van der Waals surface area (Å²) >= 11 is 0. The molecule has 2 atom stereocenters. The van der Waals surface area contributed by atoms with Gasteiger partial charge in [0, 0.05) is 6.42 Å². The van der Waals surface area contributed by atoms with Crippen molar-refractivity contribution in [2.75, 3.05) is 20.2 Å². The Morgan fingerprint density at radius 2 is 1.65 bits per heavy atom. The van der Waals surface area contributed by atoms with Gasteiger partial charge in [-0.2, -0.15) is 5.26 Å². The van der Waals surface area contributed by atoms with Gasteiger partial charge >= 0.3 is 12.1 Å². The van der Waals surface area contributed by atoms with E-state index in [1.807, 2.05) is 26.0 Å². The highest BCUT2D eigenvalue weighted by atomic mass is 16.6. The number of nitriles is 1. The SMILES string of the molecule is COC(=O)CNC(=O)C(c1cc(C)cc(C)c1)N(CC#N)C(=O)C(Cc1ccc(O)cc1)NC(=O)OC(C)(C)C. The highest BCUT2D eigenvalue weighted by molar-refractivity contribution is 5.93. The summed E-state index contributed by atoms with van der Waals surface area (Å²) in [6, 6.07) is 10.8. The lowest BCUT2D eigenvalue weighted by molar-refractivity contribution is -0.144. The van der Waals surface area contributed by atoms with Crippen molar-refractivity contribution >= 4 is 23.9 Å². The van der Waals surface area contributed by atoms with E-state index in [4.69, 9.17) is 4.74 Å². The Morgan fingerprint density at radius 3 is 2.17 bits per heavy atom. The standard InChI is InChI=1S/C29H36N4O7/c1-18-13-19(2)15-21(14-18)25(26(36)31-17-24(35)39-6)33(12-11-30)27(37)23(32-28(38)40-29(3,4)5)16-20-7-9-22(34)10-8-20/h7-10,13-15,23,25,34H,12,16-17H2,1-6H3,(H,31,36)(H,32,38). The molecule has 0 aliphatic carbocycles. The Hall–Kier alpha value is -4.59. The molecular formula is C29H36N4O7. The number of amides is 3. The van der Waals surface area contributed by atoms with Crippen molar-refractivity contribution in [3.8, 4) is 11.8 Å². The maximum atomic E-state index is 14.1. The molecule has 2 rings (SSSR count). The summed E-state index contributed by atoms with van der Waals surface area (Å²) in [5, 5.41) is 24.4. The number of nitrogens with one attached hydrogen (secondary N) is 2. The first-order valence-electron chi connectivity index (χ1n) is 12.6. The third kappa shape index (κ3) is 9.62. The zero-order valence-corrected chi connectivity index (χ0v) is 23.6. The number of methoxy groups -OCH3 is 1. The molecule has 214 valence electrons.